The van der Waals surface area contributed by atoms with E-state index in [0.717, 1.165) is 0 Å². The standard InChI is InChI=1S/C14H11F3N4O2/c1-21-7-10(6-19-21)13(22)20-11-2-3-12(9(4-11)5-18)23-8-14(15,16)17/h2-4,6-7H,8H2,1H3,(H,20,22). The van der Waals surface area contributed by atoms with Crippen molar-refractivity contribution < 1.29 is 22.7 Å². The quantitative estimate of drug-likeness (QED) is 0.937. The summed E-state index contributed by atoms with van der Waals surface area (Å²) in [6.45, 7) is -1.50. The van der Waals surface area contributed by atoms with Crippen LogP contribution in [0.3, 0.4) is 0 Å². The van der Waals surface area contributed by atoms with E-state index in [2.05, 4.69) is 15.2 Å². The maximum atomic E-state index is 12.1. The molecule has 0 bridgehead atoms. The highest BCUT2D eigenvalue weighted by molar-refractivity contribution is 6.04. The minimum absolute atomic E-state index is 0.113. The van der Waals surface area contributed by atoms with Gasteiger partial charge in [0.15, 0.2) is 6.61 Å². The number of anilines is 1. The van der Waals surface area contributed by atoms with Crippen LogP contribution in [0, 0.1) is 11.3 Å². The Bertz CT molecular complexity index is 762. The molecule has 23 heavy (non-hydrogen) atoms. The predicted molar refractivity (Wildman–Crippen MR) is 73.9 cm³/mol. The number of benzene rings is 1. The highest BCUT2D eigenvalue weighted by Crippen LogP contribution is 2.25. The summed E-state index contributed by atoms with van der Waals surface area (Å²) in [4.78, 5) is 11.9. The van der Waals surface area contributed by atoms with E-state index in [4.69, 9.17) is 5.26 Å². The Labute approximate surface area is 129 Å². The number of carbonyl (C=O) groups excluding carboxylic acids is 1. The second kappa shape index (κ2) is 6.39. The molecule has 0 radical (unpaired) electrons. The van der Waals surface area contributed by atoms with Crippen molar-refractivity contribution in [1.82, 2.24) is 9.78 Å². The molecule has 1 amide bonds. The van der Waals surface area contributed by atoms with Crippen LogP contribution in [0.4, 0.5) is 18.9 Å². The van der Waals surface area contributed by atoms with Crippen molar-refractivity contribution in [3.63, 3.8) is 0 Å². The largest absolute Gasteiger partial charge is 0.483 e. The summed E-state index contributed by atoms with van der Waals surface area (Å²) in [7, 11) is 1.65. The van der Waals surface area contributed by atoms with Gasteiger partial charge < -0.3 is 10.1 Å². The van der Waals surface area contributed by atoms with E-state index < -0.39 is 18.7 Å². The Morgan fingerprint density at radius 2 is 2.22 bits per heavy atom. The van der Waals surface area contributed by atoms with Crippen molar-refractivity contribution in [2.75, 3.05) is 11.9 Å². The molecule has 0 saturated heterocycles. The Morgan fingerprint density at radius 3 is 2.78 bits per heavy atom. The summed E-state index contributed by atoms with van der Waals surface area (Å²) >= 11 is 0. The molecule has 6 nitrogen and oxygen atoms in total. The summed E-state index contributed by atoms with van der Waals surface area (Å²) < 4.78 is 42.5. The molecule has 0 saturated carbocycles. The van der Waals surface area contributed by atoms with E-state index in [1.165, 1.54) is 35.3 Å². The van der Waals surface area contributed by atoms with E-state index in [1.807, 2.05) is 0 Å². The fourth-order valence-electron chi connectivity index (χ4n) is 1.72. The summed E-state index contributed by atoms with van der Waals surface area (Å²) in [5.41, 5.74) is 0.455. The van der Waals surface area contributed by atoms with Crippen molar-refractivity contribution in [2.24, 2.45) is 7.05 Å². The molecule has 9 heteroatoms. The van der Waals surface area contributed by atoms with Gasteiger partial charge in [0.2, 0.25) is 0 Å². The van der Waals surface area contributed by atoms with Crippen LogP contribution >= 0.6 is 0 Å². The molecule has 0 unspecified atom stereocenters. The predicted octanol–water partition coefficient (Wildman–Crippen LogP) is 2.49. The van der Waals surface area contributed by atoms with Crippen molar-refractivity contribution >= 4 is 11.6 Å². The SMILES string of the molecule is Cn1cc(C(=O)Nc2ccc(OCC(F)(F)F)c(C#N)c2)cn1. The maximum Gasteiger partial charge on any atom is 0.422 e. The molecular formula is C14H11F3N4O2. The Morgan fingerprint density at radius 1 is 1.48 bits per heavy atom. The molecule has 2 rings (SSSR count). The number of nitrogens with one attached hydrogen (secondary N) is 1. The van der Waals surface area contributed by atoms with E-state index in [9.17, 15) is 18.0 Å². The van der Waals surface area contributed by atoms with Gasteiger partial charge in [-0.3, -0.25) is 9.48 Å². The van der Waals surface area contributed by atoms with Crippen molar-refractivity contribution in [1.29, 1.82) is 5.26 Å². The number of hydrogen-bond donors (Lipinski definition) is 1. The molecule has 0 aliphatic rings. The van der Waals surface area contributed by atoms with Gasteiger partial charge in [-0.15, -0.1) is 0 Å². The summed E-state index contributed by atoms with van der Waals surface area (Å²) in [5, 5.41) is 15.4. The van der Waals surface area contributed by atoms with Crippen LogP contribution in [0.2, 0.25) is 0 Å². The van der Waals surface area contributed by atoms with Gasteiger partial charge in [-0.25, -0.2) is 0 Å². The van der Waals surface area contributed by atoms with Crippen LogP contribution in [0.1, 0.15) is 15.9 Å². The number of alkyl halides is 3. The molecule has 2 aromatic rings. The third-order valence-electron chi connectivity index (χ3n) is 2.72. The number of nitrogens with zero attached hydrogens (tertiary/aromatic N) is 3. The van der Waals surface area contributed by atoms with Crippen LogP contribution in [0.5, 0.6) is 5.75 Å². The minimum Gasteiger partial charge on any atom is -0.483 e. The fraction of sp³-hybridized carbons (Fsp3) is 0.214. The second-order valence-electron chi connectivity index (χ2n) is 4.58. The zero-order valence-corrected chi connectivity index (χ0v) is 11.9. The first kappa shape index (κ1) is 16.4. The summed E-state index contributed by atoms with van der Waals surface area (Å²) in [5.74, 6) is -0.657. The second-order valence-corrected chi connectivity index (χ2v) is 4.58. The van der Waals surface area contributed by atoms with Gasteiger partial charge in [-0.05, 0) is 18.2 Å². The molecule has 120 valence electrons. The van der Waals surface area contributed by atoms with Gasteiger partial charge in [0.25, 0.3) is 5.91 Å². The lowest BCUT2D eigenvalue weighted by atomic mass is 10.2. The molecular weight excluding hydrogens is 313 g/mol. The first-order valence-corrected chi connectivity index (χ1v) is 6.32. The lowest BCUT2D eigenvalue weighted by Gasteiger charge is -2.11. The van der Waals surface area contributed by atoms with E-state index in [1.54, 1.807) is 13.1 Å². The van der Waals surface area contributed by atoms with Gasteiger partial charge >= 0.3 is 6.18 Å². The Balaban J connectivity index is 2.12. The minimum atomic E-state index is -4.50. The van der Waals surface area contributed by atoms with Gasteiger partial charge in [0.05, 0.1) is 17.3 Å². The maximum absolute atomic E-state index is 12.1. The fourth-order valence-corrected chi connectivity index (χ4v) is 1.72. The third-order valence-corrected chi connectivity index (χ3v) is 2.72. The van der Waals surface area contributed by atoms with Crippen molar-refractivity contribution in [3.8, 4) is 11.8 Å². The molecule has 0 spiro atoms. The molecule has 1 heterocycles. The number of ether oxygens (including phenoxy) is 1. The molecule has 0 atom stereocenters. The molecule has 1 N–H and O–H groups in total. The van der Waals surface area contributed by atoms with E-state index in [-0.39, 0.29) is 17.0 Å². The Kier molecular flexibility index (Phi) is 4.55. The zero-order valence-electron chi connectivity index (χ0n) is 11.9. The number of halogens is 3. The van der Waals surface area contributed by atoms with Crippen LogP contribution in [-0.4, -0.2) is 28.5 Å². The topological polar surface area (TPSA) is 79.9 Å². The number of rotatable bonds is 4. The average Bonchev–Trinajstić information content (AvgIpc) is 2.91. The highest BCUT2D eigenvalue weighted by Gasteiger charge is 2.28. The lowest BCUT2D eigenvalue weighted by molar-refractivity contribution is -0.153. The molecule has 0 aliphatic heterocycles. The van der Waals surface area contributed by atoms with Gasteiger partial charge in [0.1, 0.15) is 11.8 Å². The number of aryl methyl sites for hydroxylation is 1. The number of amides is 1. The number of aromatic nitrogens is 2. The zero-order chi connectivity index (χ0) is 17.0. The number of nitriles is 1. The first-order chi connectivity index (χ1) is 10.8. The van der Waals surface area contributed by atoms with Crippen molar-refractivity contribution in [2.45, 2.75) is 6.18 Å². The third kappa shape index (κ3) is 4.47. The van der Waals surface area contributed by atoms with Crippen LogP contribution in [0.25, 0.3) is 0 Å². The van der Waals surface area contributed by atoms with Crippen LogP contribution in [-0.2, 0) is 7.05 Å². The molecule has 1 aromatic carbocycles. The molecule has 0 fully saturated rings. The number of hydrogen-bond acceptors (Lipinski definition) is 4. The highest BCUT2D eigenvalue weighted by atomic mass is 19.4. The first-order valence-electron chi connectivity index (χ1n) is 6.32. The summed E-state index contributed by atoms with van der Waals surface area (Å²) in [6.07, 6.45) is -1.64. The Hall–Kier alpha value is -3.02. The summed E-state index contributed by atoms with van der Waals surface area (Å²) in [6, 6.07) is 5.51. The molecule has 0 aliphatic carbocycles. The van der Waals surface area contributed by atoms with Crippen LogP contribution in [0.15, 0.2) is 30.6 Å². The number of carbonyl (C=O) groups is 1. The van der Waals surface area contributed by atoms with Gasteiger partial charge in [0, 0.05) is 18.9 Å². The molecule has 1 aromatic heterocycles. The normalized spacial score (nSPS) is 10.9. The van der Waals surface area contributed by atoms with Crippen LogP contribution < -0.4 is 10.1 Å². The monoisotopic (exact) mass is 324 g/mol. The van der Waals surface area contributed by atoms with E-state index in [0.29, 0.717) is 5.56 Å². The van der Waals surface area contributed by atoms with E-state index >= 15 is 0 Å². The lowest BCUT2D eigenvalue weighted by Crippen LogP contribution is -2.19. The van der Waals surface area contributed by atoms with Crippen molar-refractivity contribution in [3.05, 3.63) is 41.7 Å². The van der Waals surface area contributed by atoms with Gasteiger partial charge in [-0.2, -0.15) is 23.5 Å². The smallest absolute Gasteiger partial charge is 0.422 e. The van der Waals surface area contributed by atoms with Gasteiger partial charge in [-0.1, -0.05) is 0 Å². The average molecular weight is 324 g/mol.